The molecule has 4 nitrogen and oxygen atoms in total. The summed E-state index contributed by atoms with van der Waals surface area (Å²) in [6, 6.07) is 0.384. The van der Waals surface area contributed by atoms with Gasteiger partial charge in [0, 0.05) is 17.5 Å². The van der Waals surface area contributed by atoms with Crippen molar-refractivity contribution in [2.24, 2.45) is 0 Å². The van der Waals surface area contributed by atoms with Crippen LogP contribution in [0.1, 0.15) is 31.6 Å². The zero-order valence-corrected chi connectivity index (χ0v) is 12.6. The highest BCUT2D eigenvalue weighted by atomic mass is 35.5. The van der Waals surface area contributed by atoms with Crippen LogP contribution in [0.5, 0.6) is 0 Å². The molecule has 0 spiro atoms. The van der Waals surface area contributed by atoms with Gasteiger partial charge in [-0.05, 0) is 20.9 Å². The molecule has 1 fully saturated rings. The van der Waals surface area contributed by atoms with E-state index >= 15 is 0 Å². The third-order valence-electron chi connectivity index (χ3n) is 3.10. The van der Waals surface area contributed by atoms with E-state index in [4.69, 9.17) is 16.3 Å². The van der Waals surface area contributed by atoms with E-state index in [1.54, 1.807) is 6.20 Å². The highest BCUT2D eigenvalue weighted by molar-refractivity contribution is 7.99. The second-order valence-electron chi connectivity index (χ2n) is 4.67. The van der Waals surface area contributed by atoms with Gasteiger partial charge in [-0.3, -0.25) is 4.68 Å². The minimum atomic E-state index is 0.0928. The van der Waals surface area contributed by atoms with Gasteiger partial charge in [-0.2, -0.15) is 16.9 Å². The molecule has 102 valence electrons. The summed E-state index contributed by atoms with van der Waals surface area (Å²) in [5, 5.41) is 8.40. The van der Waals surface area contributed by atoms with E-state index in [0.29, 0.717) is 11.1 Å². The van der Waals surface area contributed by atoms with Gasteiger partial charge in [-0.15, -0.1) is 0 Å². The summed E-state index contributed by atoms with van der Waals surface area (Å²) >= 11 is 8.22. The lowest BCUT2D eigenvalue weighted by Gasteiger charge is -2.31. The van der Waals surface area contributed by atoms with Crippen LogP contribution in [0, 0.1) is 0 Å². The molecule has 1 saturated heterocycles. The van der Waals surface area contributed by atoms with Gasteiger partial charge in [0.2, 0.25) is 0 Å². The Hall–Kier alpha value is -0.230. The number of ether oxygens (including phenoxy) is 1. The van der Waals surface area contributed by atoms with Crippen molar-refractivity contribution in [3.8, 4) is 0 Å². The normalized spacial score (nSPS) is 22.4. The molecule has 2 heterocycles. The lowest BCUT2D eigenvalue weighted by molar-refractivity contribution is 0.0462. The van der Waals surface area contributed by atoms with Crippen LogP contribution in [0.15, 0.2) is 6.20 Å². The van der Waals surface area contributed by atoms with Gasteiger partial charge in [0.1, 0.15) is 0 Å². The van der Waals surface area contributed by atoms with Gasteiger partial charge < -0.3 is 10.1 Å². The van der Waals surface area contributed by atoms with Crippen molar-refractivity contribution >= 4 is 23.4 Å². The van der Waals surface area contributed by atoms with Crippen molar-refractivity contribution in [1.82, 2.24) is 15.1 Å². The standard InChI is InChI=1S/C12H20ClN3OS/c1-8(2)16-12(9(13)6-15-16)11(14-3)10-7-18-5-4-17-10/h6,8,10-11,14H,4-5,7H2,1-3H3. The van der Waals surface area contributed by atoms with Crippen LogP contribution >= 0.6 is 23.4 Å². The van der Waals surface area contributed by atoms with Crippen molar-refractivity contribution in [3.63, 3.8) is 0 Å². The number of nitrogens with one attached hydrogen (secondary N) is 1. The molecule has 1 aliphatic rings. The summed E-state index contributed by atoms with van der Waals surface area (Å²) in [5.41, 5.74) is 1.03. The fraction of sp³-hybridized carbons (Fsp3) is 0.750. The Labute approximate surface area is 117 Å². The molecule has 0 radical (unpaired) electrons. The molecule has 2 rings (SSSR count). The molecular formula is C12H20ClN3OS. The number of hydrogen-bond donors (Lipinski definition) is 1. The van der Waals surface area contributed by atoms with Crippen LogP contribution < -0.4 is 5.32 Å². The number of likely N-dealkylation sites (N-methyl/N-ethyl adjacent to an activating group) is 1. The van der Waals surface area contributed by atoms with Gasteiger partial charge in [0.15, 0.2) is 0 Å². The van der Waals surface area contributed by atoms with Gasteiger partial charge in [-0.1, -0.05) is 11.6 Å². The SMILES string of the molecule is CNC(c1c(Cl)cnn1C(C)C)C1CSCCO1. The molecule has 0 bridgehead atoms. The van der Waals surface area contributed by atoms with Crippen molar-refractivity contribution in [1.29, 1.82) is 0 Å². The molecule has 6 heteroatoms. The maximum Gasteiger partial charge on any atom is 0.0876 e. The van der Waals surface area contributed by atoms with Gasteiger partial charge in [0.25, 0.3) is 0 Å². The summed E-state index contributed by atoms with van der Waals surface area (Å²) in [6.07, 6.45) is 1.87. The number of nitrogens with zero attached hydrogens (tertiary/aromatic N) is 2. The smallest absolute Gasteiger partial charge is 0.0876 e. The molecule has 1 N–H and O–H groups in total. The average Bonchev–Trinajstić information content (AvgIpc) is 2.74. The Bertz CT molecular complexity index is 391. The fourth-order valence-electron chi connectivity index (χ4n) is 2.25. The Morgan fingerprint density at radius 1 is 1.61 bits per heavy atom. The quantitative estimate of drug-likeness (QED) is 0.924. The van der Waals surface area contributed by atoms with Crippen molar-refractivity contribution in [2.75, 3.05) is 25.2 Å². The largest absolute Gasteiger partial charge is 0.374 e. The lowest BCUT2D eigenvalue weighted by atomic mass is 10.1. The van der Waals surface area contributed by atoms with Crippen molar-refractivity contribution in [3.05, 3.63) is 16.9 Å². The Morgan fingerprint density at radius 3 is 2.94 bits per heavy atom. The summed E-state index contributed by atoms with van der Waals surface area (Å²) < 4.78 is 7.84. The Balaban J connectivity index is 2.28. The Morgan fingerprint density at radius 2 is 2.39 bits per heavy atom. The third kappa shape index (κ3) is 2.85. The van der Waals surface area contributed by atoms with Crippen LogP contribution in [0.25, 0.3) is 0 Å². The number of aromatic nitrogens is 2. The van der Waals surface area contributed by atoms with Gasteiger partial charge >= 0.3 is 0 Å². The van der Waals surface area contributed by atoms with E-state index in [1.165, 1.54) is 0 Å². The summed E-state index contributed by atoms with van der Waals surface area (Å²) in [4.78, 5) is 0. The van der Waals surface area contributed by atoms with E-state index in [1.807, 2.05) is 23.5 Å². The molecule has 0 aliphatic carbocycles. The molecule has 0 saturated carbocycles. The van der Waals surface area contributed by atoms with E-state index in [9.17, 15) is 0 Å². The van der Waals surface area contributed by atoms with Crippen LogP contribution in [0.4, 0.5) is 0 Å². The molecule has 0 aromatic carbocycles. The molecule has 2 atom stereocenters. The second kappa shape index (κ2) is 6.28. The van der Waals surface area contributed by atoms with Crippen LogP contribution in [0.3, 0.4) is 0 Å². The van der Waals surface area contributed by atoms with Crippen LogP contribution in [-0.2, 0) is 4.74 Å². The molecule has 0 amide bonds. The zero-order chi connectivity index (χ0) is 13.1. The number of halogens is 1. The molecule has 1 aliphatic heterocycles. The number of thioether (sulfide) groups is 1. The van der Waals surface area contributed by atoms with Crippen molar-refractivity contribution in [2.45, 2.75) is 32.0 Å². The first-order valence-corrected chi connectivity index (χ1v) is 7.78. The van der Waals surface area contributed by atoms with Crippen LogP contribution in [0.2, 0.25) is 5.02 Å². The van der Waals surface area contributed by atoms with Crippen LogP contribution in [-0.4, -0.2) is 41.0 Å². The lowest BCUT2D eigenvalue weighted by Crippen LogP contribution is -2.38. The average molecular weight is 290 g/mol. The first kappa shape index (κ1) is 14.2. The second-order valence-corrected chi connectivity index (χ2v) is 6.22. The highest BCUT2D eigenvalue weighted by Crippen LogP contribution is 2.31. The van der Waals surface area contributed by atoms with Gasteiger partial charge in [-0.25, -0.2) is 0 Å². The maximum atomic E-state index is 6.30. The van der Waals surface area contributed by atoms with E-state index in [0.717, 1.165) is 23.8 Å². The first-order valence-electron chi connectivity index (χ1n) is 6.24. The summed E-state index contributed by atoms with van der Waals surface area (Å²) in [6.45, 7) is 5.02. The fourth-order valence-corrected chi connectivity index (χ4v) is 3.40. The Kier molecular flexibility index (Phi) is 4.95. The monoisotopic (exact) mass is 289 g/mol. The third-order valence-corrected chi connectivity index (χ3v) is 4.41. The minimum absolute atomic E-state index is 0.0928. The molecule has 2 unspecified atom stereocenters. The molecule has 18 heavy (non-hydrogen) atoms. The molecule has 1 aromatic heterocycles. The highest BCUT2D eigenvalue weighted by Gasteiger charge is 2.30. The topological polar surface area (TPSA) is 39.1 Å². The molecular weight excluding hydrogens is 270 g/mol. The van der Waals surface area contributed by atoms with E-state index in [2.05, 4.69) is 24.3 Å². The number of hydrogen-bond acceptors (Lipinski definition) is 4. The zero-order valence-electron chi connectivity index (χ0n) is 11.0. The summed E-state index contributed by atoms with van der Waals surface area (Å²) in [5.74, 6) is 2.06. The minimum Gasteiger partial charge on any atom is -0.374 e. The van der Waals surface area contributed by atoms with E-state index in [-0.39, 0.29) is 12.1 Å². The van der Waals surface area contributed by atoms with E-state index < -0.39 is 0 Å². The van der Waals surface area contributed by atoms with Gasteiger partial charge in [0.05, 0.1) is 35.7 Å². The van der Waals surface area contributed by atoms with Crippen molar-refractivity contribution < 1.29 is 4.74 Å². The predicted octanol–water partition coefficient (Wildman–Crippen LogP) is 2.51. The summed E-state index contributed by atoms with van der Waals surface area (Å²) in [7, 11) is 1.95. The predicted molar refractivity (Wildman–Crippen MR) is 76.5 cm³/mol. The molecule has 1 aromatic rings. The number of rotatable bonds is 4. The first-order chi connectivity index (χ1) is 8.65. The maximum absolute atomic E-state index is 6.30.